The van der Waals surface area contributed by atoms with Gasteiger partial charge in [-0.1, -0.05) is 30.3 Å². The van der Waals surface area contributed by atoms with Crippen molar-refractivity contribution < 1.29 is 19.4 Å². The molecular formula is C9H10O4P+. The van der Waals surface area contributed by atoms with E-state index in [0.717, 1.165) is 0 Å². The van der Waals surface area contributed by atoms with Crippen LogP contribution in [0.15, 0.2) is 30.3 Å². The third kappa shape index (κ3) is 2.91. The van der Waals surface area contributed by atoms with Gasteiger partial charge in [-0.25, -0.2) is 0 Å². The van der Waals surface area contributed by atoms with Gasteiger partial charge in [-0.05, 0) is 10.1 Å². The molecule has 1 aromatic carbocycles. The first-order valence-electron chi connectivity index (χ1n) is 4.02. The SMILES string of the molecule is O=C(O)C(C[P+](=O)O)c1ccccc1. The normalized spacial score (nSPS) is 13.4. The molecule has 0 radical (unpaired) electrons. The maximum absolute atomic E-state index is 10.8. The van der Waals surface area contributed by atoms with Gasteiger partial charge in [0.25, 0.3) is 0 Å². The van der Waals surface area contributed by atoms with E-state index >= 15 is 0 Å². The Morgan fingerprint density at radius 3 is 2.36 bits per heavy atom. The van der Waals surface area contributed by atoms with Crippen LogP contribution in [0.5, 0.6) is 0 Å². The molecule has 0 aliphatic heterocycles. The third-order valence-corrected chi connectivity index (χ3v) is 2.52. The summed E-state index contributed by atoms with van der Waals surface area (Å²) in [5.41, 5.74) is 0.553. The van der Waals surface area contributed by atoms with Crippen LogP contribution in [0.25, 0.3) is 0 Å². The monoisotopic (exact) mass is 213 g/mol. The molecule has 0 heterocycles. The summed E-state index contributed by atoms with van der Waals surface area (Å²) in [5, 5.41) is 8.84. The summed E-state index contributed by atoms with van der Waals surface area (Å²) >= 11 is 0. The fourth-order valence-corrected chi connectivity index (χ4v) is 1.85. The van der Waals surface area contributed by atoms with E-state index < -0.39 is 19.9 Å². The topological polar surface area (TPSA) is 74.6 Å². The standard InChI is InChI=1S/C9H9O4P/c10-9(11)8(6-14(12)13)7-4-2-1-3-5-7/h1-5,8H,6H2,(H-,10,11,12,13)/p+1. The molecule has 2 N–H and O–H groups in total. The van der Waals surface area contributed by atoms with Crippen LogP contribution in [-0.2, 0) is 9.36 Å². The summed E-state index contributed by atoms with van der Waals surface area (Å²) in [7, 11) is -2.43. The van der Waals surface area contributed by atoms with Crippen molar-refractivity contribution in [3.8, 4) is 0 Å². The quantitative estimate of drug-likeness (QED) is 0.744. The molecule has 2 unspecified atom stereocenters. The highest BCUT2D eigenvalue weighted by atomic mass is 31.1. The Balaban J connectivity index is 2.89. The van der Waals surface area contributed by atoms with Gasteiger partial charge < -0.3 is 5.11 Å². The minimum atomic E-state index is -2.43. The van der Waals surface area contributed by atoms with Crippen LogP contribution < -0.4 is 0 Å². The van der Waals surface area contributed by atoms with Crippen LogP contribution in [0.1, 0.15) is 11.5 Å². The van der Waals surface area contributed by atoms with Crippen LogP contribution in [0.3, 0.4) is 0 Å². The Labute approximate surface area is 82.1 Å². The zero-order chi connectivity index (χ0) is 10.6. The molecule has 0 bridgehead atoms. The van der Waals surface area contributed by atoms with Crippen LogP contribution in [0.2, 0.25) is 0 Å². The number of aliphatic carboxylic acids is 1. The molecule has 1 aromatic rings. The van der Waals surface area contributed by atoms with Crippen molar-refractivity contribution in [2.75, 3.05) is 6.16 Å². The molecule has 0 aromatic heterocycles. The molecule has 14 heavy (non-hydrogen) atoms. The van der Waals surface area contributed by atoms with Crippen molar-refractivity contribution in [1.82, 2.24) is 0 Å². The van der Waals surface area contributed by atoms with Gasteiger partial charge in [0.05, 0.1) is 0 Å². The van der Waals surface area contributed by atoms with E-state index in [2.05, 4.69) is 0 Å². The van der Waals surface area contributed by atoms with Crippen molar-refractivity contribution in [2.24, 2.45) is 0 Å². The van der Waals surface area contributed by atoms with Crippen molar-refractivity contribution in [3.05, 3.63) is 35.9 Å². The van der Waals surface area contributed by atoms with Gasteiger partial charge in [0.15, 0.2) is 6.16 Å². The number of carbonyl (C=O) groups is 1. The van der Waals surface area contributed by atoms with E-state index in [4.69, 9.17) is 10.00 Å². The molecular weight excluding hydrogens is 203 g/mol. The smallest absolute Gasteiger partial charge is 0.481 e. The lowest BCUT2D eigenvalue weighted by Gasteiger charge is -2.05. The average Bonchev–Trinajstić information content (AvgIpc) is 2.15. The lowest BCUT2D eigenvalue weighted by atomic mass is 10.0. The molecule has 0 aliphatic carbocycles. The highest BCUT2D eigenvalue weighted by Gasteiger charge is 2.29. The van der Waals surface area contributed by atoms with E-state index in [1.807, 2.05) is 0 Å². The van der Waals surface area contributed by atoms with Crippen LogP contribution in [0, 0.1) is 0 Å². The molecule has 0 saturated heterocycles. The number of benzene rings is 1. The van der Waals surface area contributed by atoms with Gasteiger partial charge in [-0.3, -0.25) is 4.79 Å². The van der Waals surface area contributed by atoms with E-state index in [1.54, 1.807) is 30.3 Å². The second-order valence-electron chi connectivity index (χ2n) is 2.84. The van der Waals surface area contributed by atoms with E-state index in [1.165, 1.54) is 0 Å². The minimum absolute atomic E-state index is 0.241. The Morgan fingerprint density at radius 2 is 1.93 bits per heavy atom. The van der Waals surface area contributed by atoms with Crippen molar-refractivity contribution in [3.63, 3.8) is 0 Å². The van der Waals surface area contributed by atoms with E-state index in [-0.39, 0.29) is 6.16 Å². The maximum Gasteiger partial charge on any atom is 0.506 e. The Hall–Kier alpha value is -1.25. The van der Waals surface area contributed by atoms with Gasteiger partial charge in [0.1, 0.15) is 5.92 Å². The largest absolute Gasteiger partial charge is 0.506 e. The van der Waals surface area contributed by atoms with Crippen molar-refractivity contribution in [2.45, 2.75) is 5.92 Å². The average molecular weight is 213 g/mol. The lowest BCUT2D eigenvalue weighted by molar-refractivity contribution is -0.138. The Bertz CT molecular complexity index is 336. The molecule has 0 aliphatic rings. The maximum atomic E-state index is 10.8. The van der Waals surface area contributed by atoms with Crippen molar-refractivity contribution in [1.29, 1.82) is 0 Å². The molecule has 74 valence electrons. The number of carboxylic acid groups (broad SMARTS) is 1. The zero-order valence-corrected chi connectivity index (χ0v) is 8.22. The number of hydrogen-bond donors (Lipinski definition) is 2. The Morgan fingerprint density at radius 1 is 1.36 bits per heavy atom. The van der Waals surface area contributed by atoms with Gasteiger partial charge in [-0.15, -0.1) is 0 Å². The molecule has 2 atom stereocenters. The molecule has 0 saturated carbocycles. The first-order chi connectivity index (χ1) is 6.61. The van der Waals surface area contributed by atoms with Crippen LogP contribution >= 0.6 is 8.03 Å². The highest BCUT2D eigenvalue weighted by molar-refractivity contribution is 7.38. The second kappa shape index (κ2) is 4.84. The highest BCUT2D eigenvalue weighted by Crippen LogP contribution is 2.26. The Kier molecular flexibility index (Phi) is 3.74. The third-order valence-electron chi connectivity index (χ3n) is 1.84. The molecule has 0 amide bonds. The first-order valence-corrected chi connectivity index (χ1v) is 5.42. The molecule has 0 fully saturated rings. The number of rotatable bonds is 4. The summed E-state index contributed by atoms with van der Waals surface area (Å²) in [6, 6.07) is 8.45. The van der Waals surface area contributed by atoms with Crippen LogP contribution in [0.4, 0.5) is 0 Å². The minimum Gasteiger partial charge on any atom is -0.481 e. The summed E-state index contributed by atoms with van der Waals surface area (Å²) in [6.07, 6.45) is -0.241. The fourth-order valence-electron chi connectivity index (χ4n) is 1.17. The van der Waals surface area contributed by atoms with Crippen LogP contribution in [-0.4, -0.2) is 22.1 Å². The molecule has 1 rings (SSSR count). The van der Waals surface area contributed by atoms with Gasteiger partial charge >= 0.3 is 14.0 Å². The first kappa shape index (κ1) is 10.8. The predicted molar refractivity (Wildman–Crippen MR) is 51.5 cm³/mol. The molecule has 0 spiro atoms. The molecule has 4 nitrogen and oxygen atoms in total. The summed E-state index contributed by atoms with van der Waals surface area (Å²) in [4.78, 5) is 19.5. The van der Waals surface area contributed by atoms with E-state index in [0.29, 0.717) is 5.56 Å². The number of carboxylic acids is 1. The second-order valence-corrected chi connectivity index (χ2v) is 3.91. The summed E-state index contributed by atoms with van der Waals surface area (Å²) in [5.74, 6) is -1.97. The molecule has 5 heteroatoms. The fraction of sp³-hybridized carbons (Fsp3) is 0.222. The zero-order valence-electron chi connectivity index (χ0n) is 7.33. The lowest BCUT2D eigenvalue weighted by Crippen LogP contribution is -2.13. The summed E-state index contributed by atoms with van der Waals surface area (Å²) < 4.78 is 10.6. The van der Waals surface area contributed by atoms with Gasteiger partial charge in [0.2, 0.25) is 0 Å². The van der Waals surface area contributed by atoms with E-state index in [9.17, 15) is 9.36 Å². The van der Waals surface area contributed by atoms with Crippen molar-refractivity contribution >= 4 is 14.0 Å². The number of hydrogen-bond acceptors (Lipinski definition) is 2. The van der Waals surface area contributed by atoms with Gasteiger partial charge in [-0.2, -0.15) is 4.89 Å². The van der Waals surface area contributed by atoms with Gasteiger partial charge in [0, 0.05) is 0 Å². The predicted octanol–water partition coefficient (Wildman–Crippen LogP) is 1.59. The summed E-state index contributed by atoms with van der Waals surface area (Å²) in [6.45, 7) is 0.